The molecular formula is C23H38N2. The van der Waals surface area contributed by atoms with E-state index >= 15 is 0 Å². The van der Waals surface area contributed by atoms with Crippen LogP contribution in [-0.4, -0.2) is 49.1 Å². The van der Waals surface area contributed by atoms with Gasteiger partial charge in [-0.05, 0) is 95.2 Å². The summed E-state index contributed by atoms with van der Waals surface area (Å²) >= 11 is 0. The maximum atomic E-state index is 2.72. The zero-order valence-electron chi connectivity index (χ0n) is 16.3. The maximum absolute atomic E-state index is 2.72. The molecule has 2 aliphatic heterocycles. The van der Waals surface area contributed by atoms with Gasteiger partial charge in [0.05, 0.1) is 0 Å². The third kappa shape index (κ3) is 6.42. The van der Waals surface area contributed by atoms with Crippen molar-refractivity contribution in [2.75, 3.05) is 39.3 Å². The fraction of sp³-hybridized carbons (Fsp3) is 0.739. The van der Waals surface area contributed by atoms with Crippen LogP contribution < -0.4 is 0 Å². The number of hydrogen-bond acceptors (Lipinski definition) is 2. The fourth-order valence-corrected chi connectivity index (χ4v) is 4.72. The van der Waals surface area contributed by atoms with E-state index in [1.54, 1.807) is 0 Å². The molecule has 1 aromatic rings. The number of rotatable bonds is 8. The van der Waals surface area contributed by atoms with Crippen molar-refractivity contribution < 1.29 is 0 Å². The Kier molecular flexibility index (Phi) is 7.81. The van der Waals surface area contributed by atoms with Crippen molar-refractivity contribution in [1.29, 1.82) is 0 Å². The van der Waals surface area contributed by atoms with Gasteiger partial charge in [-0.15, -0.1) is 0 Å². The van der Waals surface area contributed by atoms with E-state index in [-0.39, 0.29) is 0 Å². The lowest BCUT2D eigenvalue weighted by molar-refractivity contribution is 0.170. The van der Waals surface area contributed by atoms with Crippen LogP contribution in [0.25, 0.3) is 0 Å². The molecular weight excluding hydrogens is 304 g/mol. The summed E-state index contributed by atoms with van der Waals surface area (Å²) in [5.74, 6) is 1.92. The van der Waals surface area contributed by atoms with Crippen LogP contribution >= 0.6 is 0 Å². The highest BCUT2D eigenvalue weighted by atomic mass is 15.1. The third-order valence-corrected chi connectivity index (χ3v) is 6.57. The molecule has 0 aliphatic carbocycles. The predicted octanol–water partition coefficient (Wildman–Crippen LogP) is 4.84. The van der Waals surface area contributed by atoms with Gasteiger partial charge in [-0.25, -0.2) is 0 Å². The van der Waals surface area contributed by atoms with Crippen molar-refractivity contribution in [3.05, 3.63) is 35.9 Å². The Morgan fingerprint density at radius 3 is 2.12 bits per heavy atom. The van der Waals surface area contributed by atoms with E-state index in [1.807, 2.05) is 0 Å². The highest BCUT2D eigenvalue weighted by molar-refractivity contribution is 5.15. The molecule has 0 bridgehead atoms. The summed E-state index contributed by atoms with van der Waals surface area (Å²) in [7, 11) is 0. The zero-order chi connectivity index (χ0) is 17.3. The second-order valence-corrected chi connectivity index (χ2v) is 8.35. The summed E-state index contributed by atoms with van der Waals surface area (Å²) in [6.07, 6.45) is 11.3. The third-order valence-electron chi connectivity index (χ3n) is 6.57. The molecule has 0 N–H and O–H groups in total. The molecule has 2 nitrogen and oxygen atoms in total. The molecule has 2 heteroatoms. The lowest BCUT2D eigenvalue weighted by Crippen LogP contribution is -2.35. The summed E-state index contributed by atoms with van der Waals surface area (Å²) in [5.41, 5.74) is 1.52. The molecule has 25 heavy (non-hydrogen) atoms. The van der Waals surface area contributed by atoms with Crippen molar-refractivity contribution in [2.24, 2.45) is 11.8 Å². The van der Waals surface area contributed by atoms with E-state index in [0.29, 0.717) is 0 Å². The number of nitrogens with zero attached hydrogens (tertiary/aromatic N) is 2. The number of benzene rings is 1. The van der Waals surface area contributed by atoms with E-state index in [1.165, 1.54) is 96.2 Å². The minimum absolute atomic E-state index is 0.905. The summed E-state index contributed by atoms with van der Waals surface area (Å²) in [5, 5.41) is 0. The lowest BCUT2D eigenvalue weighted by atomic mass is 9.89. The quantitative estimate of drug-likeness (QED) is 0.624. The second-order valence-electron chi connectivity index (χ2n) is 8.35. The molecule has 0 unspecified atom stereocenters. The van der Waals surface area contributed by atoms with Crippen molar-refractivity contribution in [1.82, 2.24) is 9.80 Å². The number of likely N-dealkylation sites (tertiary alicyclic amines) is 2. The molecule has 140 valence electrons. The van der Waals surface area contributed by atoms with E-state index in [4.69, 9.17) is 0 Å². The molecule has 0 amide bonds. The molecule has 2 aliphatic rings. The molecule has 0 aromatic heterocycles. The molecule has 0 saturated carbocycles. The van der Waals surface area contributed by atoms with Crippen LogP contribution in [0.4, 0.5) is 0 Å². The SMILES string of the molecule is CCN1CCC(CCCCN2CCC(Cc3ccccc3)CC2)CC1. The first kappa shape index (κ1) is 18.9. The Labute approximate surface area is 155 Å². The summed E-state index contributed by atoms with van der Waals surface area (Å²) in [6, 6.07) is 11.1. The molecule has 2 heterocycles. The van der Waals surface area contributed by atoms with Gasteiger partial charge in [0.2, 0.25) is 0 Å². The molecule has 2 fully saturated rings. The van der Waals surface area contributed by atoms with Gasteiger partial charge in [-0.1, -0.05) is 50.1 Å². The van der Waals surface area contributed by atoms with E-state index < -0.39 is 0 Å². The van der Waals surface area contributed by atoms with Gasteiger partial charge in [0.25, 0.3) is 0 Å². The average Bonchev–Trinajstić information content (AvgIpc) is 2.68. The van der Waals surface area contributed by atoms with Gasteiger partial charge in [-0.3, -0.25) is 0 Å². The standard InChI is InChI=1S/C23H38N2/c1-2-24-16-11-21(12-17-24)8-6-7-15-25-18-13-23(14-19-25)20-22-9-4-3-5-10-22/h3-5,9-10,21,23H,2,6-8,11-20H2,1H3. The van der Waals surface area contributed by atoms with E-state index in [2.05, 4.69) is 47.1 Å². The van der Waals surface area contributed by atoms with E-state index in [9.17, 15) is 0 Å². The molecule has 1 aromatic carbocycles. The van der Waals surface area contributed by atoms with Gasteiger partial charge >= 0.3 is 0 Å². The van der Waals surface area contributed by atoms with Gasteiger partial charge in [0, 0.05) is 0 Å². The van der Waals surface area contributed by atoms with Crippen molar-refractivity contribution in [3.8, 4) is 0 Å². The Balaban J connectivity index is 1.24. The Bertz CT molecular complexity index is 456. The molecule has 0 atom stereocenters. The smallest absolute Gasteiger partial charge is 0.00160 e. The zero-order valence-corrected chi connectivity index (χ0v) is 16.3. The number of piperidine rings is 2. The van der Waals surface area contributed by atoms with Crippen LogP contribution in [0.15, 0.2) is 30.3 Å². The van der Waals surface area contributed by atoms with Gasteiger partial charge in [0.1, 0.15) is 0 Å². The predicted molar refractivity (Wildman–Crippen MR) is 108 cm³/mol. The van der Waals surface area contributed by atoms with Gasteiger partial charge in [-0.2, -0.15) is 0 Å². The highest BCUT2D eigenvalue weighted by Gasteiger charge is 2.20. The minimum atomic E-state index is 0.905. The molecule has 0 spiro atoms. The van der Waals surface area contributed by atoms with Crippen molar-refractivity contribution in [3.63, 3.8) is 0 Å². The first-order valence-electron chi connectivity index (χ1n) is 10.8. The first-order chi connectivity index (χ1) is 12.3. The average molecular weight is 343 g/mol. The molecule has 3 rings (SSSR count). The Morgan fingerprint density at radius 2 is 1.44 bits per heavy atom. The second kappa shape index (κ2) is 10.3. The summed E-state index contributed by atoms with van der Waals surface area (Å²) < 4.78 is 0. The van der Waals surface area contributed by atoms with Crippen LogP contribution in [0.1, 0.15) is 57.4 Å². The maximum Gasteiger partial charge on any atom is -0.00160 e. The molecule has 0 radical (unpaired) electrons. The largest absolute Gasteiger partial charge is 0.304 e. The highest BCUT2D eigenvalue weighted by Crippen LogP contribution is 2.24. The van der Waals surface area contributed by atoms with Gasteiger partial charge < -0.3 is 9.80 Å². The monoisotopic (exact) mass is 342 g/mol. The minimum Gasteiger partial charge on any atom is -0.304 e. The fourth-order valence-electron chi connectivity index (χ4n) is 4.72. The van der Waals surface area contributed by atoms with Crippen LogP contribution in [0, 0.1) is 11.8 Å². The summed E-state index contributed by atoms with van der Waals surface area (Å²) in [4.78, 5) is 5.33. The Morgan fingerprint density at radius 1 is 0.800 bits per heavy atom. The number of unbranched alkanes of at least 4 members (excludes halogenated alkanes) is 1. The van der Waals surface area contributed by atoms with Gasteiger partial charge in [0.15, 0.2) is 0 Å². The molecule has 2 saturated heterocycles. The topological polar surface area (TPSA) is 6.48 Å². The first-order valence-corrected chi connectivity index (χ1v) is 10.8. The van der Waals surface area contributed by atoms with Crippen LogP contribution in [0.3, 0.4) is 0 Å². The Hall–Kier alpha value is -0.860. The van der Waals surface area contributed by atoms with Crippen LogP contribution in [0.5, 0.6) is 0 Å². The normalized spacial score (nSPS) is 21.6. The number of hydrogen-bond donors (Lipinski definition) is 0. The van der Waals surface area contributed by atoms with Crippen molar-refractivity contribution in [2.45, 2.75) is 58.3 Å². The summed E-state index contributed by atoms with van der Waals surface area (Å²) in [6.45, 7) is 10.2. The van der Waals surface area contributed by atoms with Crippen LogP contribution in [0.2, 0.25) is 0 Å². The van der Waals surface area contributed by atoms with Crippen molar-refractivity contribution >= 4 is 0 Å². The lowest BCUT2D eigenvalue weighted by Gasteiger charge is -2.33. The van der Waals surface area contributed by atoms with Crippen LogP contribution in [-0.2, 0) is 6.42 Å². The van der Waals surface area contributed by atoms with E-state index in [0.717, 1.165) is 11.8 Å².